The summed E-state index contributed by atoms with van der Waals surface area (Å²) in [5.41, 5.74) is 4.44. The van der Waals surface area contributed by atoms with Crippen LogP contribution in [-0.4, -0.2) is 69.2 Å². The van der Waals surface area contributed by atoms with Crippen LogP contribution in [0.5, 0.6) is 0 Å². The molecule has 2 aromatic heterocycles. The van der Waals surface area contributed by atoms with Gasteiger partial charge in [0.15, 0.2) is 0 Å². The molecular weight excluding hydrogens is 580 g/mol. The Kier molecular flexibility index (Phi) is 11.0. The molecule has 0 saturated carbocycles. The molecule has 11 heteroatoms. The Hall–Kier alpha value is -5.21. The Labute approximate surface area is 269 Å². The Morgan fingerprint density at radius 3 is 2.54 bits per heavy atom. The number of likely N-dealkylation sites (N-methyl/N-ethyl adjacent to an activating group) is 1. The quantitative estimate of drug-likeness (QED) is 0.121. The van der Waals surface area contributed by atoms with Crippen molar-refractivity contribution in [1.82, 2.24) is 40.8 Å². The third-order valence-corrected chi connectivity index (χ3v) is 7.96. The zero-order valence-electron chi connectivity index (χ0n) is 26.2. The van der Waals surface area contributed by atoms with Crippen LogP contribution in [-0.2, 0) is 20.8 Å². The van der Waals surface area contributed by atoms with Crippen LogP contribution in [0.25, 0.3) is 11.3 Å². The summed E-state index contributed by atoms with van der Waals surface area (Å²) in [6, 6.07) is 17.1. The molecule has 3 amide bonds. The second-order valence-corrected chi connectivity index (χ2v) is 11.3. The van der Waals surface area contributed by atoms with Gasteiger partial charge in [-0.25, -0.2) is 9.97 Å². The maximum atomic E-state index is 12.6. The second-order valence-electron chi connectivity index (χ2n) is 11.3. The summed E-state index contributed by atoms with van der Waals surface area (Å²) in [6.45, 7) is 2.64. The highest BCUT2D eigenvalue weighted by Crippen LogP contribution is 2.30. The molecule has 0 aliphatic carbocycles. The van der Waals surface area contributed by atoms with Gasteiger partial charge in [0.2, 0.25) is 17.7 Å². The van der Waals surface area contributed by atoms with E-state index in [0.29, 0.717) is 24.6 Å². The van der Waals surface area contributed by atoms with Crippen LogP contribution in [0.2, 0.25) is 0 Å². The van der Waals surface area contributed by atoms with E-state index in [1.165, 1.54) is 6.92 Å². The van der Waals surface area contributed by atoms with Crippen molar-refractivity contribution >= 4 is 17.7 Å². The summed E-state index contributed by atoms with van der Waals surface area (Å²) in [6.07, 6.45) is 7.78. The summed E-state index contributed by atoms with van der Waals surface area (Å²) in [4.78, 5) is 53.8. The Bertz CT molecular complexity index is 1680. The number of unbranched alkanes of at least 4 members (excludes halogenated alkanes) is 1. The average Bonchev–Trinajstić information content (AvgIpc) is 3.85. The number of aromatic amines is 2. The first kappa shape index (κ1) is 32.2. The lowest BCUT2D eigenvalue weighted by atomic mass is 10.1. The van der Waals surface area contributed by atoms with E-state index in [1.807, 2.05) is 60.8 Å². The number of hydrogen-bond donors (Lipinski definition) is 5. The highest BCUT2D eigenvalue weighted by molar-refractivity contribution is 5.84. The molecule has 2 aromatic carbocycles. The average molecular weight is 621 g/mol. The van der Waals surface area contributed by atoms with Crippen molar-refractivity contribution in [3.8, 4) is 23.1 Å². The zero-order valence-corrected chi connectivity index (χ0v) is 26.2. The van der Waals surface area contributed by atoms with Gasteiger partial charge in [-0.05, 0) is 61.9 Å². The predicted octanol–water partition coefficient (Wildman–Crippen LogP) is 3.40. The summed E-state index contributed by atoms with van der Waals surface area (Å²) < 4.78 is 0. The Balaban J connectivity index is 1.08. The van der Waals surface area contributed by atoms with Gasteiger partial charge >= 0.3 is 0 Å². The minimum atomic E-state index is -0.362. The Morgan fingerprint density at radius 1 is 0.978 bits per heavy atom. The molecule has 238 valence electrons. The van der Waals surface area contributed by atoms with Crippen molar-refractivity contribution in [1.29, 1.82) is 0 Å². The van der Waals surface area contributed by atoms with Crippen LogP contribution in [0.3, 0.4) is 0 Å². The summed E-state index contributed by atoms with van der Waals surface area (Å²) >= 11 is 0. The van der Waals surface area contributed by atoms with Crippen LogP contribution in [0, 0.1) is 11.8 Å². The first-order valence-electron chi connectivity index (χ1n) is 15.7. The fraction of sp³-hybridized carbons (Fsp3) is 0.343. The standard InChI is InChI=1S/C35H40N8O3/c1-24(44)38-23-32(45)43-20-8-11-30(43)34-40-21-28(41-34)18-15-25-13-16-26(17-14-25)29-22-39-31(42-29)12-6-7-19-37-35(46)33(36-2)27-9-4-3-5-10-27/h3-5,9-10,13-14,16-17,21-22,30,33,36H,6-8,11-12,19-20,23H2,1-2H3,(H,37,46)(H,38,44)(H,39,42)(H,40,41). The van der Waals surface area contributed by atoms with E-state index < -0.39 is 0 Å². The van der Waals surface area contributed by atoms with E-state index in [1.54, 1.807) is 18.1 Å². The van der Waals surface area contributed by atoms with Crippen molar-refractivity contribution in [2.45, 2.75) is 51.1 Å². The molecule has 0 radical (unpaired) electrons. The van der Waals surface area contributed by atoms with E-state index in [4.69, 9.17) is 0 Å². The minimum absolute atomic E-state index is 0.0103. The van der Waals surface area contributed by atoms with Crippen molar-refractivity contribution in [3.05, 3.63) is 95.5 Å². The van der Waals surface area contributed by atoms with Gasteiger partial charge in [0.1, 0.15) is 23.4 Å². The number of nitrogens with one attached hydrogen (secondary N) is 5. The molecule has 1 aliphatic rings. The molecule has 5 rings (SSSR count). The van der Waals surface area contributed by atoms with Crippen LogP contribution in [0.4, 0.5) is 0 Å². The fourth-order valence-electron chi connectivity index (χ4n) is 5.56. The number of aryl methyl sites for hydroxylation is 1. The van der Waals surface area contributed by atoms with Crippen molar-refractivity contribution in [2.24, 2.45) is 0 Å². The van der Waals surface area contributed by atoms with E-state index in [-0.39, 0.29) is 36.3 Å². The van der Waals surface area contributed by atoms with Crippen LogP contribution in [0.15, 0.2) is 67.0 Å². The minimum Gasteiger partial charge on any atom is -0.354 e. The van der Waals surface area contributed by atoms with Crippen molar-refractivity contribution in [3.63, 3.8) is 0 Å². The Morgan fingerprint density at radius 2 is 1.78 bits per heavy atom. The number of hydrogen-bond acceptors (Lipinski definition) is 6. The number of benzene rings is 2. The number of likely N-dealkylation sites (tertiary alicyclic amines) is 1. The topological polar surface area (TPSA) is 148 Å². The maximum absolute atomic E-state index is 12.6. The molecule has 1 fully saturated rings. The molecule has 0 spiro atoms. The van der Waals surface area contributed by atoms with Crippen LogP contribution < -0.4 is 16.0 Å². The zero-order chi connectivity index (χ0) is 32.3. The monoisotopic (exact) mass is 620 g/mol. The number of nitrogens with zero attached hydrogens (tertiary/aromatic N) is 3. The lowest BCUT2D eigenvalue weighted by molar-refractivity contribution is -0.133. The third-order valence-electron chi connectivity index (χ3n) is 7.96. The number of imidazole rings is 2. The first-order chi connectivity index (χ1) is 22.4. The van der Waals surface area contributed by atoms with Gasteiger partial charge in [0, 0.05) is 32.0 Å². The lowest BCUT2D eigenvalue weighted by Gasteiger charge is -2.23. The van der Waals surface area contributed by atoms with Gasteiger partial charge in [-0.3, -0.25) is 14.4 Å². The molecule has 2 unspecified atom stereocenters. The maximum Gasteiger partial charge on any atom is 0.242 e. The van der Waals surface area contributed by atoms with Gasteiger partial charge in [0.05, 0.1) is 30.7 Å². The SMILES string of the molecule is CNC(C(=O)NCCCCc1ncc(-c2ccc(C#Cc3cnc(C4CCCN4C(=O)CNC(C)=O)[nH]3)cc2)[nH]1)c1ccccc1. The molecule has 5 N–H and O–H groups in total. The van der Waals surface area contributed by atoms with Crippen LogP contribution in [0.1, 0.15) is 73.2 Å². The number of carbonyl (C=O) groups excluding carboxylic acids is 3. The highest BCUT2D eigenvalue weighted by Gasteiger charge is 2.31. The molecular formula is C35H40N8O3. The molecule has 1 saturated heterocycles. The third kappa shape index (κ3) is 8.49. The van der Waals surface area contributed by atoms with Gasteiger partial charge in [-0.1, -0.05) is 48.4 Å². The van der Waals surface area contributed by atoms with E-state index in [9.17, 15) is 14.4 Å². The highest BCUT2D eigenvalue weighted by atomic mass is 16.2. The molecule has 2 atom stereocenters. The van der Waals surface area contributed by atoms with E-state index >= 15 is 0 Å². The number of carbonyl (C=O) groups is 3. The molecule has 4 aromatic rings. The smallest absolute Gasteiger partial charge is 0.242 e. The van der Waals surface area contributed by atoms with Crippen LogP contribution >= 0.6 is 0 Å². The number of aromatic nitrogens is 4. The van der Waals surface area contributed by atoms with Crippen molar-refractivity contribution < 1.29 is 14.4 Å². The lowest BCUT2D eigenvalue weighted by Crippen LogP contribution is -2.39. The molecule has 11 nitrogen and oxygen atoms in total. The molecule has 1 aliphatic heterocycles. The largest absolute Gasteiger partial charge is 0.354 e. The van der Waals surface area contributed by atoms with Gasteiger partial charge in [-0.2, -0.15) is 0 Å². The van der Waals surface area contributed by atoms with Gasteiger partial charge < -0.3 is 30.8 Å². The molecule has 46 heavy (non-hydrogen) atoms. The summed E-state index contributed by atoms with van der Waals surface area (Å²) in [5, 5.41) is 8.69. The van der Waals surface area contributed by atoms with Gasteiger partial charge in [0.25, 0.3) is 0 Å². The number of rotatable bonds is 12. The summed E-state index contributed by atoms with van der Waals surface area (Å²) in [7, 11) is 1.79. The van der Waals surface area contributed by atoms with E-state index in [0.717, 1.165) is 60.3 Å². The predicted molar refractivity (Wildman–Crippen MR) is 175 cm³/mol. The molecule has 0 bridgehead atoms. The second kappa shape index (κ2) is 15.7. The van der Waals surface area contributed by atoms with E-state index in [2.05, 4.69) is 47.7 Å². The number of amides is 3. The summed E-state index contributed by atoms with van der Waals surface area (Å²) in [5.74, 6) is 7.56. The molecule has 3 heterocycles. The number of H-pyrrole nitrogens is 2. The first-order valence-corrected chi connectivity index (χ1v) is 15.7. The normalized spacial score (nSPS) is 14.7. The van der Waals surface area contributed by atoms with Crippen molar-refractivity contribution in [2.75, 3.05) is 26.7 Å². The fourth-order valence-corrected chi connectivity index (χ4v) is 5.56. The van der Waals surface area contributed by atoms with Gasteiger partial charge in [-0.15, -0.1) is 0 Å².